The molecule has 19 heavy (non-hydrogen) atoms. The van der Waals surface area contributed by atoms with E-state index in [9.17, 15) is 0 Å². The zero-order valence-corrected chi connectivity index (χ0v) is 11.1. The van der Waals surface area contributed by atoms with Gasteiger partial charge in [0.2, 0.25) is 0 Å². The Balaban J connectivity index is 1.86. The summed E-state index contributed by atoms with van der Waals surface area (Å²) in [4.78, 5) is 4.01. The fourth-order valence-corrected chi connectivity index (χ4v) is 2.53. The number of aromatic nitrogens is 1. The molecule has 3 rings (SSSR count). The molecule has 4 heteroatoms. The number of nitrogens with zero attached hydrogens (tertiary/aromatic N) is 1. The van der Waals surface area contributed by atoms with Gasteiger partial charge in [0.15, 0.2) is 11.5 Å². The largest absolute Gasteiger partial charge is 0.486 e. The van der Waals surface area contributed by atoms with E-state index in [0.717, 1.165) is 29.0 Å². The van der Waals surface area contributed by atoms with Crippen molar-refractivity contribution in [2.75, 3.05) is 13.2 Å². The lowest BCUT2D eigenvalue weighted by atomic mass is 10.0. The van der Waals surface area contributed by atoms with E-state index >= 15 is 0 Å². The summed E-state index contributed by atoms with van der Waals surface area (Å²) in [5.74, 6) is 1.56. The summed E-state index contributed by atoms with van der Waals surface area (Å²) in [6, 6.07) is 9.80. The van der Waals surface area contributed by atoms with E-state index in [1.165, 1.54) is 0 Å². The highest BCUT2D eigenvalue weighted by atomic mass is 35.5. The molecule has 0 fully saturated rings. The highest BCUT2D eigenvalue weighted by molar-refractivity contribution is 6.21. The van der Waals surface area contributed by atoms with E-state index in [4.69, 9.17) is 21.1 Å². The van der Waals surface area contributed by atoms with Crippen molar-refractivity contribution in [1.29, 1.82) is 0 Å². The molecule has 0 bridgehead atoms. The monoisotopic (exact) mass is 275 g/mol. The van der Waals surface area contributed by atoms with Crippen LogP contribution in [0.2, 0.25) is 0 Å². The molecule has 1 atom stereocenters. The Morgan fingerprint density at radius 1 is 1.11 bits per heavy atom. The topological polar surface area (TPSA) is 31.4 Å². The number of alkyl halides is 1. The van der Waals surface area contributed by atoms with Gasteiger partial charge >= 0.3 is 0 Å². The molecule has 3 nitrogen and oxygen atoms in total. The van der Waals surface area contributed by atoms with Gasteiger partial charge in [-0.1, -0.05) is 12.1 Å². The van der Waals surface area contributed by atoms with Crippen molar-refractivity contribution in [3.05, 3.63) is 53.9 Å². The molecule has 98 valence electrons. The van der Waals surface area contributed by atoms with Crippen LogP contribution in [0.4, 0.5) is 0 Å². The van der Waals surface area contributed by atoms with Gasteiger partial charge in [0.05, 0.1) is 5.38 Å². The predicted octanol–water partition coefficient (Wildman–Crippen LogP) is 3.38. The van der Waals surface area contributed by atoms with Crippen LogP contribution in [0.3, 0.4) is 0 Å². The van der Waals surface area contributed by atoms with Crippen molar-refractivity contribution in [2.45, 2.75) is 11.8 Å². The molecule has 0 radical (unpaired) electrons. The lowest BCUT2D eigenvalue weighted by molar-refractivity contribution is 0.170. The first-order chi connectivity index (χ1) is 9.34. The fraction of sp³-hybridized carbons (Fsp3) is 0.267. The number of hydrogen-bond donors (Lipinski definition) is 0. The molecule has 0 saturated carbocycles. The van der Waals surface area contributed by atoms with Gasteiger partial charge in [0.1, 0.15) is 13.2 Å². The van der Waals surface area contributed by atoms with E-state index in [1.807, 2.05) is 30.3 Å². The Hall–Kier alpha value is -1.74. The highest BCUT2D eigenvalue weighted by Gasteiger charge is 2.20. The summed E-state index contributed by atoms with van der Waals surface area (Å²) in [6.07, 6.45) is 4.29. The quantitative estimate of drug-likeness (QED) is 0.805. The third kappa shape index (κ3) is 2.66. The van der Waals surface area contributed by atoms with Crippen molar-refractivity contribution in [1.82, 2.24) is 4.98 Å². The third-order valence-electron chi connectivity index (χ3n) is 3.10. The van der Waals surface area contributed by atoms with Crippen molar-refractivity contribution >= 4 is 11.6 Å². The minimum atomic E-state index is -0.140. The van der Waals surface area contributed by atoms with Gasteiger partial charge in [-0.25, -0.2) is 0 Å². The van der Waals surface area contributed by atoms with Crippen LogP contribution in [0.25, 0.3) is 0 Å². The minimum Gasteiger partial charge on any atom is -0.486 e. The number of benzene rings is 1. The van der Waals surface area contributed by atoms with E-state index in [2.05, 4.69) is 4.98 Å². The van der Waals surface area contributed by atoms with Crippen LogP contribution < -0.4 is 9.47 Å². The molecule has 0 aliphatic carbocycles. The van der Waals surface area contributed by atoms with Crippen LogP contribution in [0.5, 0.6) is 11.5 Å². The Labute approximate surface area is 117 Å². The Bertz CT molecular complexity index is 559. The number of hydrogen-bond acceptors (Lipinski definition) is 3. The summed E-state index contributed by atoms with van der Waals surface area (Å²) in [7, 11) is 0. The molecule has 2 heterocycles. The maximum absolute atomic E-state index is 6.52. The first-order valence-electron chi connectivity index (χ1n) is 6.26. The summed E-state index contributed by atoms with van der Waals surface area (Å²) in [5.41, 5.74) is 2.14. The van der Waals surface area contributed by atoms with Crippen molar-refractivity contribution < 1.29 is 9.47 Å². The minimum absolute atomic E-state index is 0.140. The van der Waals surface area contributed by atoms with Crippen LogP contribution in [-0.2, 0) is 6.42 Å². The second kappa shape index (κ2) is 5.49. The van der Waals surface area contributed by atoms with Crippen LogP contribution in [-0.4, -0.2) is 18.2 Å². The molecule has 1 unspecified atom stereocenters. The smallest absolute Gasteiger partial charge is 0.166 e. The Morgan fingerprint density at radius 3 is 2.74 bits per heavy atom. The predicted molar refractivity (Wildman–Crippen MR) is 74.0 cm³/mol. The molecule has 0 amide bonds. The molecule has 0 N–H and O–H groups in total. The number of para-hydroxylation sites is 1. The maximum atomic E-state index is 6.52. The average molecular weight is 276 g/mol. The molecule has 2 aromatic rings. The molecule has 0 spiro atoms. The number of pyridine rings is 1. The normalized spacial score (nSPS) is 15.0. The number of ether oxygens (including phenoxy) is 2. The van der Waals surface area contributed by atoms with Gasteiger partial charge < -0.3 is 9.47 Å². The summed E-state index contributed by atoms with van der Waals surface area (Å²) in [6.45, 7) is 1.16. The molecular weight excluding hydrogens is 262 g/mol. The molecule has 1 aromatic heterocycles. The first kappa shape index (κ1) is 12.3. The van der Waals surface area contributed by atoms with Gasteiger partial charge in [-0.2, -0.15) is 0 Å². The van der Waals surface area contributed by atoms with E-state index in [-0.39, 0.29) is 5.38 Å². The molecule has 1 aliphatic rings. The summed E-state index contributed by atoms with van der Waals surface area (Å²) in [5, 5.41) is -0.140. The second-order valence-electron chi connectivity index (χ2n) is 4.40. The zero-order chi connectivity index (χ0) is 13.1. The van der Waals surface area contributed by atoms with E-state index in [1.54, 1.807) is 12.4 Å². The lowest BCUT2D eigenvalue weighted by Gasteiger charge is -2.22. The highest BCUT2D eigenvalue weighted by Crippen LogP contribution is 2.40. The number of fused-ring (bicyclic) bond motifs is 1. The summed E-state index contributed by atoms with van der Waals surface area (Å²) < 4.78 is 11.3. The number of halogens is 1. The van der Waals surface area contributed by atoms with Crippen LogP contribution in [0.15, 0.2) is 42.7 Å². The van der Waals surface area contributed by atoms with E-state index in [0.29, 0.717) is 13.2 Å². The first-order valence-corrected chi connectivity index (χ1v) is 6.70. The number of rotatable bonds is 3. The van der Waals surface area contributed by atoms with Crippen LogP contribution >= 0.6 is 11.6 Å². The van der Waals surface area contributed by atoms with Gasteiger partial charge in [-0.15, -0.1) is 11.6 Å². The zero-order valence-electron chi connectivity index (χ0n) is 10.4. The maximum Gasteiger partial charge on any atom is 0.166 e. The molecule has 0 saturated heterocycles. The summed E-state index contributed by atoms with van der Waals surface area (Å²) >= 11 is 6.52. The van der Waals surface area contributed by atoms with Crippen LogP contribution in [0, 0.1) is 0 Å². The van der Waals surface area contributed by atoms with Gasteiger partial charge in [0.25, 0.3) is 0 Å². The standard InChI is InChI=1S/C15H14ClNO2/c16-13(10-11-4-6-17-7-5-11)12-2-1-3-14-15(12)19-9-8-18-14/h1-7,13H,8-10H2. The van der Waals surface area contributed by atoms with Crippen molar-refractivity contribution in [3.63, 3.8) is 0 Å². The molecule has 1 aliphatic heterocycles. The SMILES string of the molecule is ClC(Cc1ccncc1)c1cccc2c1OCCO2. The molecule has 1 aromatic carbocycles. The van der Waals surface area contributed by atoms with Gasteiger partial charge in [-0.3, -0.25) is 4.98 Å². The van der Waals surface area contributed by atoms with Crippen LogP contribution in [0.1, 0.15) is 16.5 Å². The average Bonchev–Trinajstić information content (AvgIpc) is 2.47. The van der Waals surface area contributed by atoms with Gasteiger partial charge in [-0.05, 0) is 30.2 Å². The third-order valence-corrected chi connectivity index (χ3v) is 3.49. The molecular formula is C15H14ClNO2. The van der Waals surface area contributed by atoms with Gasteiger partial charge in [0, 0.05) is 18.0 Å². The second-order valence-corrected chi connectivity index (χ2v) is 4.93. The van der Waals surface area contributed by atoms with Crippen molar-refractivity contribution in [2.24, 2.45) is 0 Å². The fourth-order valence-electron chi connectivity index (χ4n) is 2.18. The van der Waals surface area contributed by atoms with E-state index < -0.39 is 0 Å². The lowest BCUT2D eigenvalue weighted by Crippen LogP contribution is -2.17. The Morgan fingerprint density at radius 2 is 1.89 bits per heavy atom. The van der Waals surface area contributed by atoms with Crippen molar-refractivity contribution in [3.8, 4) is 11.5 Å². The Kier molecular flexibility index (Phi) is 3.56.